The van der Waals surface area contributed by atoms with E-state index < -0.39 is 0 Å². The van der Waals surface area contributed by atoms with Gasteiger partial charge in [-0.1, -0.05) is 32.8 Å². The molecule has 1 heterocycles. The third-order valence-electron chi connectivity index (χ3n) is 3.12. The van der Waals surface area contributed by atoms with Gasteiger partial charge in [-0.15, -0.1) is 0 Å². The molecule has 0 amide bonds. The summed E-state index contributed by atoms with van der Waals surface area (Å²) in [5.74, 6) is 0.694. The predicted molar refractivity (Wildman–Crippen MR) is 64.8 cm³/mol. The van der Waals surface area contributed by atoms with Gasteiger partial charge in [0.2, 0.25) is 0 Å². The van der Waals surface area contributed by atoms with Crippen LogP contribution in [0.1, 0.15) is 44.0 Å². The summed E-state index contributed by atoms with van der Waals surface area (Å²) in [7, 11) is 2.03. The molecule has 0 aliphatic heterocycles. The van der Waals surface area contributed by atoms with E-state index in [2.05, 4.69) is 36.3 Å². The van der Waals surface area contributed by atoms with E-state index >= 15 is 0 Å². The molecule has 2 heteroatoms. The number of rotatable bonds is 5. The van der Waals surface area contributed by atoms with Crippen molar-refractivity contribution in [3.05, 3.63) is 29.6 Å². The Kier molecular flexibility index (Phi) is 4.76. The Labute approximate surface area is 93.1 Å². The lowest BCUT2D eigenvalue weighted by molar-refractivity contribution is 0.359. The van der Waals surface area contributed by atoms with Gasteiger partial charge in [0.05, 0.1) is 0 Å². The maximum atomic E-state index is 4.36. The second-order valence-corrected chi connectivity index (χ2v) is 4.08. The fourth-order valence-corrected chi connectivity index (χ4v) is 2.10. The van der Waals surface area contributed by atoms with Crippen LogP contribution in [0.25, 0.3) is 0 Å². The van der Waals surface area contributed by atoms with E-state index in [-0.39, 0.29) is 0 Å². The molecule has 2 nitrogen and oxygen atoms in total. The molecule has 0 bridgehead atoms. The van der Waals surface area contributed by atoms with Crippen LogP contribution in [0, 0.1) is 12.8 Å². The van der Waals surface area contributed by atoms with Gasteiger partial charge in [0.1, 0.15) is 0 Å². The average molecular weight is 206 g/mol. The number of hydrogen-bond acceptors (Lipinski definition) is 2. The Morgan fingerprint density at radius 2 is 1.93 bits per heavy atom. The lowest BCUT2D eigenvalue weighted by atomic mass is 9.90. The normalized spacial score (nSPS) is 13.1. The molecule has 0 spiro atoms. The highest BCUT2D eigenvalue weighted by atomic mass is 14.9. The van der Waals surface area contributed by atoms with E-state index in [1.165, 1.54) is 18.4 Å². The molecule has 84 valence electrons. The average Bonchev–Trinajstić information content (AvgIpc) is 2.27. The maximum absolute atomic E-state index is 4.36. The number of aryl methyl sites for hydroxylation is 1. The quantitative estimate of drug-likeness (QED) is 0.800. The van der Waals surface area contributed by atoms with Gasteiger partial charge in [0, 0.05) is 17.9 Å². The minimum Gasteiger partial charge on any atom is -0.313 e. The van der Waals surface area contributed by atoms with Crippen LogP contribution in [0.4, 0.5) is 0 Å². The topological polar surface area (TPSA) is 24.9 Å². The summed E-state index contributed by atoms with van der Waals surface area (Å²) in [4.78, 5) is 4.36. The lowest BCUT2D eigenvalue weighted by Crippen LogP contribution is -2.24. The van der Waals surface area contributed by atoms with Crippen LogP contribution >= 0.6 is 0 Å². The zero-order valence-corrected chi connectivity index (χ0v) is 10.2. The highest BCUT2D eigenvalue weighted by molar-refractivity contribution is 5.17. The molecule has 0 aliphatic carbocycles. The molecule has 0 fully saturated rings. The summed E-state index contributed by atoms with van der Waals surface area (Å²) in [5.41, 5.74) is 2.38. The molecule has 1 N–H and O–H groups in total. The second-order valence-electron chi connectivity index (χ2n) is 4.08. The van der Waals surface area contributed by atoms with Crippen LogP contribution in [0.15, 0.2) is 18.3 Å². The van der Waals surface area contributed by atoms with Crippen LogP contribution < -0.4 is 5.32 Å². The van der Waals surface area contributed by atoms with Crippen molar-refractivity contribution < 1.29 is 0 Å². The number of nitrogens with one attached hydrogen (secondary N) is 1. The summed E-state index contributed by atoms with van der Waals surface area (Å²) in [6.45, 7) is 6.52. The monoisotopic (exact) mass is 206 g/mol. The molecule has 1 aromatic heterocycles. The van der Waals surface area contributed by atoms with Crippen molar-refractivity contribution in [1.29, 1.82) is 0 Å². The standard InChI is InChI=1S/C13H22N2/c1-5-11(6-2)13(14-4)12-8-7-10(3)15-9-12/h7-9,11,13-14H,5-6H2,1-4H3. The van der Waals surface area contributed by atoms with E-state index in [0.717, 1.165) is 5.69 Å². The third-order valence-corrected chi connectivity index (χ3v) is 3.12. The molecule has 1 rings (SSSR count). The van der Waals surface area contributed by atoms with E-state index in [0.29, 0.717) is 12.0 Å². The maximum Gasteiger partial charge on any atom is 0.0372 e. The van der Waals surface area contributed by atoms with Crippen molar-refractivity contribution in [3.8, 4) is 0 Å². The van der Waals surface area contributed by atoms with Crippen LogP contribution in [0.5, 0.6) is 0 Å². The third kappa shape index (κ3) is 3.03. The first-order valence-corrected chi connectivity index (χ1v) is 5.82. The Balaban J connectivity index is 2.86. The Bertz CT molecular complexity index is 275. The van der Waals surface area contributed by atoms with Crippen LogP contribution in [-0.4, -0.2) is 12.0 Å². The highest BCUT2D eigenvalue weighted by Crippen LogP contribution is 2.26. The fourth-order valence-electron chi connectivity index (χ4n) is 2.10. The van der Waals surface area contributed by atoms with Crippen molar-refractivity contribution in [2.75, 3.05) is 7.05 Å². The summed E-state index contributed by atoms with van der Waals surface area (Å²) >= 11 is 0. The summed E-state index contributed by atoms with van der Waals surface area (Å²) < 4.78 is 0. The van der Waals surface area contributed by atoms with Gasteiger partial charge < -0.3 is 5.32 Å². The minimum atomic E-state index is 0.438. The van der Waals surface area contributed by atoms with E-state index in [1.807, 2.05) is 20.2 Å². The second kappa shape index (κ2) is 5.86. The SMILES string of the molecule is CCC(CC)C(NC)c1ccc(C)nc1. The molecule has 15 heavy (non-hydrogen) atoms. The molecule has 0 saturated carbocycles. The molecular formula is C13H22N2. The largest absolute Gasteiger partial charge is 0.313 e. The lowest BCUT2D eigenvalue weighted by Gasteiger charge is -2.25. The predicted octanol–water partition coefficient (Wildman–Crippen LogP) is 3.09. The number of aromatic nitrogens is 1. The van der Waals surface area contributed by atoms with E-state index in [9.17, 15) is 0 Å². The Morgan fingerprint density at radius 3 is 2.33 bits per heavy atom. The summed E-state index contributed by atoms with van der Waals surface area (Å²) in [6.07, 6.45) is 4.40. The fraction of sp³-hybridized carbons (Fsp3) is 0.615. The first kappa shape index (κ1) is 12.2. The minimum absolute atomic E-state index is 0.438. The van der Waals surface area contributed by atoms with Gasteiger partial charge in [-0.2, -0.15) is 0 Å². The van der Waals surface area contributed by atoms with E-state index in [1.54, 1.807) is 0 Å². The van der Waals surface area contributed by atoms with Crippen LogP contribution in [-0.2, 0) is 0 Å². The van der Waals surface area contributed by atoms with Crippen LogP contribution in [0.3, 0.4) is 0 Å². The molecule has 1 unspecified atom stereocenters. The Hall–Kier alpha value is -0.890. The molecule has 0 aliphatic rings. The van der Waals surface area contributed by atoms with Crippen molar-refractivity contribution in [1.82, 2.24) is 10.3 Å². The van der Waals surface area contributed by atoms with Crippen molar-refractivity contribution in [3.63, 3.8) is 0 Å². The molecular weight excluding hydrogens is 184 g/mol. The smallest absolute Gasteiger partial charge is 0.0372 e. The highest BCUT2D eigenvalue weighted by Gasteiger charge is 2.18. The molecule has 1 aromatic rings. The van der Waals surface area contributed by atoms with Gasteiger partial charge in [-0.05, 0) is 31.5 Å². The number of hydrogen-bond donors (Lipinski definition) is 1. The number of pyridine rings is 1. The van der Waals surface area contributed by atoms with Gasteiger partial charge in [0.15, 0.2) is 0 Å². The first-order chi connectivity index (χ1) is 7.22. The summed E-state index contributed by atoms with van der Waals surface area (Å²) in [5, 5.41) is 3.40. The zero-order valence-electron chi connectivity index (χ0n) is 10.2. The molecule has 0 saturated heterocycles. The zero-order chi connectivity index (χ0) is 11.3. The van der Waals surface area contributed by atoms with Gasteiger partial charge in [-0.25, -0.2) is 0 Å². The van der Waals surface area contributed by atoms with Crippen LogP contribution in [0.2, 0.25) is 0 Å². The Morgan fingerprint density at radius 1 is 1.27 bits per heavy atom. The van der Waals surface area contributed by atoms with Crippen molar-refractivity contribution in [2.45, 2.75) is 39.7 Å². The molecule has 0 aromatic carbocycles. The van der Waals surface area contributed by atoms with Crippen molar-refractivity contribution >= 4 is 0 Å². The molecule has 0 radical (unpaired) electrons. The first-order valence-electron chi connectivity index (χ1n) is 5.82. The number of nitrogens with zero attached hydrogens (tertiary/aromatic N) is 1. The molecule has 1 atom stereocenters. The van der Waals surface area contributed by atoms with Gasteiger partial charge in [-0.3, -0.25) is 4.98 Å². The van der Waals surface area contributed by atoms with Gasteiger partial charge in [0.25, 0.3) is 0 Å². The summed E-state index contributed by atoms with van der Waals surface area (Å²) in [6, 6.07) is 4.71. The van der Waals surface area contributed by atoms with Crippen molar-refractivity contribution in [2.24, 2.45) is 5.92 Å². The van der Waals surface area contributed by atoms with E-state index in [4.69, 9.17) is 0 Å². The van der Waals surface area contributed by atoms with Gasteiger partial charge >= 0.3 is 0 Å².